The SMILES string of the molecule is N/C(=N/O)c1ccc(Oc2cc(Br)cc(F)c2F)cc1. The maximum absolute atomic E-state index is 13.5. The van der Waals surface area contributed by atoms with E-state index < -0.39 is 11.6 Å². The minimum absolute atomic E-state index is 0.0590. The van der Waals surface area contributed by atoms with Crippen LogP contribution in [0.15, 0.2) is 46.0 Å². The lowest BCUT2D eigenvalue weighted by Gasteiger charge is -2.08. The van der Waals surface area contributed by atoms with Gasteiger partial charge in [0.2, 0.25) is 5.82 Å². The molecule has 0 aromatic heterocycles. The molecule has 0 radical (unpaired) electrons. The molecule has 0 saturated heterocycles. The van der Waals surface area contributed by atoms with Crippen molar-refractivity contribution in [2.45, 2.75) is 0 Å². The summed E-state index contributed by atoms with van der Waals surface area (Å²) in [5, 5.41) is 11.4. The molecule has 0 heterocycles. The molecule has 0 bridgehead atoms. The Morgan fingerprint density at radius 2 is 1.85 bits per heavy atom. The molecular formula is C13H9BrF2N2O2. The van der Waals surface area contributed by atoms with Crippen LogP contribution in [0.25, 0.3) is 0 Å². The Labute approximate surface area is 121 Å². The Morgan fingerprint density at radius 1 is 1.20 bits per heavy atom. The third-order valence-electron chi connectivity index (χ3n) is 2.45. The molecule has 3 N–H and O–H groups in total. The number of halogens is 3. The predicted octanol–water partition coefficient (Wildman–Crippen LogP) is 3.61. The molecule has 20 heavy (non-hydrogen) atoms. The van der Waals surface area contributed by atoms with Gasteiger partial charge in [-0.05, 0) is 36.4 Å². The van der Waals surface area contributed by atoms with Crippen LogP contribution in [-0.2, 0) is 0 Å². The van der Waals surface area contributed by atoms with Crippen molar-refractivity contribution < 1.29 is 18.7 Å². The molecule has 0 aliphatic heterocycles. The highest BCUT2D eigenvalue weighted by Gasteiger charge is 2.12. The average Bonchev–Trinajstić information content (AvgIpc) is 2.44. The zero-order chi connectivity index (χ0) is 14.7. The number of hydrogen-bond donors (Lipinski definition) is 2. The number of oxime groups is 1. The molecule has 0 aliphatic carbocycles. The van der Waals surface area contributed by atoms with Crippen molar-refractivity contribution in [1.29, 1.82) is 0 Å². The van der Waals surface area contributed by atoms with Gasteiger partial charge in [-0.3, -0.25) is 0 Å². The first kappa shape index (κ1) is 14.3. The van der Waals surface area contributed by atoms with Crippen LogP contribution in [0.3, 0.4) is 0 Å². The fourth-order valence-corrected chi connectivity index (χ4v) is 1.89. The monoisotopic (exact) mass is 342 g/mol. The highest BCUT2D eigenvalue weighted by Crippen LogP contribution is 2.29. The fourth-order valence-electron chi connectivity index (χ4n) is 1.49. The molecule has 0 fully saturated rings. The number of amidine groups is 1. The van der Waals surface area contributed by atoms with E-state index in [-0.39, 0.29) is 17.3 Å². The second kappa shape index (κ2) is 5.87. The minimum atomic E-state index is -1.08. The average molecular weight is 343 g/mol. The van der Waals surface area contributed by atoms with E-state index >= 15 is 0 Å². The molecule has 7 heteroatoms. The third kappa shape index (κ3) is 3.05. The van der Waals surface area contributed by atoms with E-state index in [1.54, 1.807) is 0 Å². The van der Waals surface area contributed by atoms with Crippen molar-refractivity contribution >= 4 is 21.8 Å². The Kier molecular flexibility index (Phi) is 4.19. The van der Waals surface area contributed by atoms with Crippen LogP contribution < -0.4 is 10.5 Å². The quantitative estimate of drug-likeness (QED) is 0.294. The largest absolute Gasteiger partial charge is 0.454 e. The van der Waals surface area contributed by atoms with Crippen LogP contribution in [0, 0.1) is 11.6 Å². The summed E-state index contributed by atoms with van der Waals surface area (Å²) in [6, 6.07) is 8.35. The van der Waals surface area contributed by atoms with Crippen molar-refractivity contribution in [1.82, 2.24) is 0 Å². The standard InChI is InChI=1S/C13H9BrF2N2O2/c14-8-5-10(15)12(16)11(6-8)20-9-3-1-7(2-4-9)13(17)18-19/h1-6,19H,(H2,17,18). The molecule has 0 saturated carbocycles. The van der Waals surface area contributed by atoms with E-state index in [2.05, 4.69) is 21.1 Å². The molecule has 2 rings (SSSR count). The van der Waals surface area contributed by atoms with Crippen LogP contribution >= 0.6 is 15.9 Å². The van der Waals surface area contributed by atoms with Crippen molar-refractivity contribution in [3.05, 3.63) is 58.1 Å². The summed E-state index contributed by atoms with van der Waals surface area (Å²) < 4.78 is 32.4. The Bertz CT molecular complexity index is 660. The summed E-state index contributed by atoms with van der Waals surface area (Å²) >= 11 is 3.05. The minimum Gasteiger partial charge on any atom is -0.454 e. The maximum Gasteiger partial charge on any atom is 0.201 e. The number of ether oxygens (including phenoxy) is 1. The number of nitrogens with two attached hydrogens (primary N) is 1. The lowest BCUT2D eigenvalue weighted by molar-refractivity contribution is 0.318. The van der Waals surface area contributed by atoms with Gasteiger partial charge in [0.15, 0.2) is 17.4 Å². The number of benzene rings is 2. The highest BCUT2D eigenvalue weighted by molar-refractivity contribution is 9.10. The molecule has 2 aromatic rings. The van der Waals surface area contributed by atoms with Crippen molar-refractivity contribution in [2.24, 2.45) is 10.9 Å². The van der Waals surface area contributed by atoms with Gasteiger partial charge < -0.3 is 15.7 Å². The van der Waals surface area contributed by atoms with Crippen LogP contribution in [0.2, 0.25) is 0 Å². The molecular weight excluding hydrogens is 334 g/mol. The number of rotatable bonds is 3. The Hall–Kier alpha value is -2.15. The molecule has 0 spiro atoms. The lowest BCUT2D eigenvalue weighted by atomic mass is 10.2. The van der Waals surface area contributed by atoms with Gasteiger partial charge >= 0.3 is 0 Å². The maximum atomic E-state index is 13.5. The first-order valence-corrected chi connectivity index (χ1v) is 6.21. The smallest absolute Gasteiger partial charge is 0.201 e. The van der Waals surface area contributed by atoms with Crippen molar-refractivity contribution in [3.8, 4) is 11.5 Å². The summed E-state index contributed by atoms with van der Waals surface area (Å²) in [6.45, 7) is 0. The molecule has 2 aromatic carbocycles. The zero-order valence-electron chi connectivity index (χ0n) is 9.98. The normalized spacial score (nSPS) is 11.4. The molecule has 4 nitrogen and oxygen atoms in total. The van der Waals surface area contributed by atoms with Crippen LogP contribution in [-0.4, -0.2) is 11.0 Å². The third-order valence-corrected chi connectivity index (χ3v) is 2.90. The zero-order valence-corrected chi connectivity index (χ0v) is 11.6. The van der Waals surface area contributed by atoms with Crippen LogP contribution in [0.4, 0.5) is 8.78 Å². The molecule has 0 amide bonds. The Balaban J connectivity index is 2.27. The van der Waals surface area contributed by atoms with Crippen molar-refractivity contribution in [3.63, 3.8) is 0 Å². The molecule has 0 aliphatic rings. The van der Waals surface area contributed by atoms with Gasteiger partial charge in [0.05, 0.1) is 0 Å². The second-order valence-corrected chi connectivity index (χ2v) is 4.73. The summed E-state index contributed by atoms with van der Waals surface area (Å²) in [5.74, 6) is -2.10. The number of hydrogen-bond acceptors (Lipinski definition) is 3. The highest BCUT2D eigenvalue weighted by atomic mass is 79.9. The lowest BCUT2D eigenvalue weighted by Crippen LogP contribution is -2.12. The first-order chi connectivity index (χ1) is 9.51. The van der Waals surface area contributed by atoms with E-state index in [0.29, 0.717) is 10.0 Å². The van der Waals surface area contributed by atoms with Gasteiger partial charge in [-0.15, -0.1) is 0 Å². The van der Waals surface area contributed by atoms with Gasteiger partial charge in [0.25, 0.3) is 0 Å². The summed E-state index contributed by atoms with van der Waals surface area (Å²) in [7, 11) is 0. The van der Waals surface area contributed by atoms with Gasteiger partial charge in [-0.2, -0.15) is 4.39 Å². The summed E-state index contributed by atoms with van der Waals surface area (Å²) in [5.41, 5.74) is 5.88. The van der Waals surface area contributed by atoms with Crippen LogP contribution in [0.5, 0.6) is 11.5 Å². The predicted molar refractivity (Wildman–Crippen MR) is 73.1 cm³/mol. The van der Waals surface area contributed by atoms with E-state index in [1.807, 2.05) is 0 Å². The van der Waals surface area contributed by atoms with E-state index in [9.17, 15) is 8.78 Å². The van der Waals surface area contributed by atoms with E-state index in [4.69, 9.17) is 15.7 Å². The van der Waals surface area contributed by atoms with Gasteiger partial charge in [-0.1, -0.05) is 21.1 Å². The van der Waals surface area contributed by atoms with Crippen molar-refractivity contribution in [2.75, 3.05) is 0 Å². The fraction of sp³-hybridized carbons (Fsp3) is 0. The van der Waals surface area contributed by atoms with Gasteiger partial charge in [0.1, 0.15) is 5.75 Å². The number of nitrogens with zero attached hydrogens (tertiary/aromatic N) is 1. The van der Waals surface area contributed by atoms with E-state index in [1.165, 1.54) is 30.3 Å². The van der Waals surface area contributed by atoms with Gasteiger partial charge in [-0.25, -0.2) is 4.39 Å². The topological polar surface area (TPSA) is 67.8 Å². The van der Waals surface area contributed by atoms with E-state index in [0.717, 1.165) is 6.07 Å². The molecule has 0 unspecified atom stereocenters. The second-order valence-electron chi connectivity index (χ2n) is 3.81. The van der Waals surface area contributed by atoms with Gasteiger partial charge in [0, 0.05) is 10.0 Å². The summed E-state index contributed by atoms with van der Waals surface area (Å²) in [6.07, 6.45) is 0. The Morgan fingerprint density at radius 3 is 2.45 bits per heavy atom. The van der Waals surface area contributed by atoms with Crippen LogP contribution in [0.1, 0.15) is 5.56 Å². The molecule has 104 valence electrons. The summed E-state index contributed by atoms with van der Waals surface area (Å²) in [4.78, 5) is 0. The molecule has 0 atom stereocenters. The first-order valence-electron chi connectivity index (χ1n) is 5.41.